The molecule has 0 aliphatic heterocycles. The lowest BCUT2D eigenvalue weighted by Crippen LogP contribution is -2.09. The zero-order valence-electron chi connectivity index (χ0n) is 10.7. The zero-order chi connectivity index (χ0) is 12.1. The average molecular weight is 215 g/mol. The fraction of sp³-hybridized carbons (Fsp3) is 0.533. The van der Waals surface area contributed by atoms with Gasteiger partial charge in [-0.1, -0.05) is 39.8 Å². The van der Waals surface area contributed by atoms with Crippen LogP contribution < -0.4 is 0 Å². The Labute approximate surface area is 99.1 Å². The molecular weight excluding hydrogens is 194 g/mol. The van der Waals surface area contributed by atoms with Crippen molar-refractivity contribution < 1.29 is 0 Å². The van der Waals surface area contributed by atoms with Crippen molar-refractivity contribution >= 4 is 0 Å². The van der Waals surface area contributed by atoms with Gasteiger partial charge in [-0.05, 0) is 41.9 Å². The van der Waals surface area contributed by atoms with Crippen molar-refractivity contribution in [3.8, 4) is 6.07 Å². The lowest BCUT2D eigenvalue weighted by Gasteiger charge is -2.23. The molecule has 0 amide bonds. The van der Waals surface area contributed by atoms with Gasteiger partial charge < -0.3 is 0 Å². The maximum atomic E-state index is 8.77. The molecule has 1 unspecified atom stereocenters. The zero-order valence-corrected chi connectivity index (χ0v) is 10.7. The molecule has 1 atom stereocenters. The molecule has 16 heavy (non-hydrogen) atoms. The van der Waals surface area contributed by atoms with E-state index in [-0.39, 0.29) is 0 Å². The Bertz CT molecular complexity index is 354. The summed E-state index contributed by atoms with van der Waals surface area (Å²) in [6, 6.07) is 10.2. The first-order chi connectivity index (χ1) is 7.54. The van der Waals surface area contributed by atoms with Crippen LogP contribution in [0.5, 0.6) is 0 Å². The first-order valence-electron chi connectivity index (χ1n) is 6.04. The van der Waals surface area contributed by atoms with Crippen molar-refractivity contribution in [2.24, 2.45) is 11.8 Å². The summed E-state index contributed by atoms with van der Waals surface area (Å²) in [4.78, 5) is 0. The number of nitrogens with zero attached hydrogens (tertiary/aromatic N) is 1. The van der Waals surface area contributed by atoms with E-state index in [9.17, 15) is 0 Å². The van der Waals surface area contributed by atoms with E-state index in [1.54, 1.807) is 0 Å². The summed E-state index contributed by atoms with van der Waals surface area (Å²) in [5.74, 6) is 1.96. The van der Waals surface area contributed by atoms with Crippen LogP contribution in [0.3, 0.4) is 0 Å². The van der Waals surface area contributed by atoms with Gasteiger partial charge >= 0.3 is 0 Å². The van der Waals surface area contributed by atoms with Crippen molar-refractivity contribution in [1.82, 2.24) is 0 Å². The second kappa shape index (κ2) is 5.70. The molecule has 0 saturated heterocycles. The second-order valence-corrected chi connectivity index (χ2v) is 5.21. The molecule has 0 aliphatic carbocycles. The minimum absolute atomic E-state index is 0.604. The number of rotatable bonds is 4. The third kappa shape index (κ3) is 3.38. The Balaban J connectivity index is 2.89. The molecule has 1 rings (SSSR count). The molecule has 0 heterocycles. The molecule has 1 aromatic rings. The normalized spacial score (nSPS) is 12.8. The van der Waals surface area contributed by atoms with Crippen LogP contribution >= 0.6 is 0 Å². The van der Waals surface area contributed by atoms with E-state index >= 15 is 0 Å². The van der Waals surface area contributed by atoms with Crippen LogP contribution in [-0.4, -0.2) is 0 Å². The first kappa shape index (κ1) is 12.8. The molecule has 0 N–H and O–H groups in total. The molecule has 0 spiro atoms. The van der Waals surface area contributed by atoms with Crippen LogP contribution in [0.1, 0.15) is 51.2 Å². The molecule has 0 saturated carbocycles. The predicted octanol–water partition coefficient (Wildman–Crippen LogP) is 4.34. The molecule has 0 aromatic heterocycles. The number of benzene rings is 1. The van der Waals surface area contributed by atoms with E-state index in [0.717, 1.165) is 5.56 Å². The third-order valence-corrected chi connectivity index (χ3v) is 3.00. The summed E-state index contributed by atoms with van der Waals surface area (Å²) in [6.07, 6.45) is 1.21. The van der Waals surface area contributed by atoms with Gasteiger partial charge in [0.05, 0.1) is 11.6 Å². The highest BCUT2D eigenvalue weighted by atomic mass is 14.2. The van der Waals surface area contributed by atoms with Crippen LogP contribution in [0.25, 0.3) is 0 Å². The number of hydrogen-bond donors (Lipinski definition) is 0. The lowest BCUT2D eigenvalue weighted by atomic mass is 9.82. The summed E-state index contributed by atoms with van der Waals surface area (Å²) in [5, 5.41) is 8.77. The Kier molecular flexibility index (Phi) is 4.55. The lowest BCUT2D eigenvalue weighted by molar-refractivity contribution is 0.408. The summed E-state index contributed by atoms with van der Waals surface area (Å²) in [7, 11) is 0. The Morgan fingerprint density at radius 3 is 2.00 bits per heavy atom. The predicted molar refractivity (Wildman–Crippen MR) is 68.2 cm³/mol. The van der Waals surface area contributed by atoms with Crippen LogP contribution in [0.15, 0.2) is 24.3 Å². The van der Waals surface area contributed by atoms with Crippen molar-refractivity contribution in [2.45, 2.75) is 40.0 Å². The van der Waals surface area contributed by atoms with E-state index in [1.165, 1.54) is 12.0 Å². The van der Waals surface area contributed by atoms with Gasteiger partial charge in [0.15, 0.2) is 0 Å². The van der Waals surface area contributed by atoms with E-state index < -0.39 is 0 Å². The van der Waals surface area contributed by atoms with Gasteiger partial charge in [-0.15, -0.1) is 0 Å². The van der Waals surface area contributed by atoms with Crippen LogP contribution in [0, 0.1) is 23.2 Å². The molecule has 1 nitrogen and oxygen atoms in total. The maximum Gasteiger partial charge on any atom is 0.0991 e. The summed E-state index contributed by atoms with van der Waals surface area (Å²) < 4.78 is 0. The minimum Gasteiger partial charge on any atom is -0.192 e. The van der Waals surface area contributed by atoms with Gasteiger partial charge in [0, 0.05) is 0 Å². The van der Waals surface area contributed by atoms with Crippen molar-refractivity contribution in [3.05, 3.63) is 35.4 Å². The van der Waals surface area contributed by atoms with Crippen molar-refractivity contribution in [3.63, 3.8) is 0 Å². The molecule has 0 fully saturated rings. The minimum atomic E-state index is 0.604. The van der Waals surface area contributed by atoms with E-state index in [0.29, 0.717) is 17.8 Å². The van der Waals surface area contributed by atoms with Gasteiger partial charge in [-0.3, -0.25) is 0 Å². The van der Waals surface area contributed by atoms with E-state index in [2.05, 4.69) is 45.9 Å². The van der Waals surface area contributed by atoms with Gasteiger partial charge in [0.2, 0.25) is 0 Å². The molecule has 1 heteroatoms. The summed E-state index contributed by atoms with van der Waals surface area (Å²) in [6.45, 7) is 9.06. The molecular formula is C15H21N. The van der Waals surface area contributed by atoms with Crippen LogP contribution in [0.4, 0.5) is 0 Å². The Hall–Kier alpha value is -1.29. The molecule has 1 aromatic carbocycles. The summed E-state index contributed by atoms with van der Waals surface area (Å²) in [5.41, 5.74) is 2.11. The van der Waals surface area contributed by atoms with E-state index in [4.69, 9.17) is 5.26 Å². The largest absolute Gasteiger partial charge is 0.192 e. The molecule has 86 valence electrons. The number of hydrogen-bond acceptors (Lipinski definition) is 1. The van der Waals surface area contributed by atoms with Crippen LogP contribution in [-0.2, 0) is 0 Å². The van der Waals surface area contributed by atoms with Crippen LogP contribution in [0.2, 0.25) is 0 Å². The monoisotopic (exact) mass is 215 g/mol. The third-order valence-electron chi connectivity index (χ3n) is 3.00. The molecule has 0 aliphatic rings. The topological polar surface area (TPSA) is 23.8 Å². The molecule has 0 radical (unpaired) electrons. The highest BCUT2D eigenvalue weighted by molar-refractivity contribution is 5.33. The van der Waals surface area contributed by atoms with Gasteiger partial charge in [-0.2, -0.15) is 5.26 Å². The van der Waals surface area contributed by atoms with Crippen molar-refractivity contribution in [1.29, 1.82) is 5.26 Å². The Morgan fingerprint density at radius 1 is 1.06 bits per heavy atom. The second-order valence-electron chi connectivity index (χ2n) is 5.21. The quantitative estimate of drug-likeness (QED) is 0.732. The van der Waals surface area contributed by atoms with Gasteiger partial charge in [-0.25, -0.2) is 0 Å². The van der Waals surface area contributed by atoms with Gasteiger partial charge in [0.1, 0.15) is 0 Å². The van der Waals surface area contributed by atoms with E-state index in [1.807, 2.05) is 12.1 Å². The van der Waals surface area contributed by atoms with Crippen molar-refractivity contribution in [2.75, 3.05) is 0 Å². The molecule has 0 bridgehead atoms. The maximum absolute atomic E-state index is 8.77. The highest BCUT2D eigenvalue weighted by Crippen LogP contribution is 2.30. The SMILES string of the molecule is CC(C)CC(c1ccc(C#N)cc1)C(C)C. The summed E-state index contributed by atoms with van der Waals surface area (Å²) >= 11 is 0. The fourth-order valence-corrected chi connectivity index (χ4v) is 2.11. The highest BCUT2D eigenvalue weighted by Gasteiger charge is 2.16. The number of nitriles is 1. The average Bonchev–Trinajstić information content (AvgIpc) is 2.25. The fourth-order valence-electron chi connectivity index (χ4n) is 2.11. The first-order valence-corrected chi connectivity index (χ1v) is 6.04. The Morgan fingerprint density at radius 2 is 1.62 bits per heavy atom. The smallest absolute Gasteiger partial charge is 0.0991 e. The van der Waals surface area contributed by atoms with Gasteiger partial charge in [0.25, 0.3) is 0 Å². The standard InChI is InChI=1S/C15H21N/c1-11(2)9-15(12(3)4)14-7-5-13(10-16)6-8-14/h5-8,11-12,15H,9H2,1-4H3.